The predicted octanol–water partition coefficient (Wildman–Crippen LogP) is 5.27. The summed E-state index contributed by atoms with van der Waals surface area (Å²) in [5.74, 6) is 1.22. The van der Waals surface area contributed by atoms with Crippen LogP contribution >= 0.6 is 24.0 Å². The molecule has 2 saturated heterocycles. The molecule has 0 saturated carbocycles. The smallest absolute Gasteiger partial charge is 0.266 e. The molecular formula is C29H31N3O6S3. The molecule has 0 atom stereocenters. The molecule has 9 nitrogen and oxygen atoms in total. The fourth-order valence-electron chi connectivity index (χ4n) is 4.76. The van der Waals surface area contributed by atoms with E-state index in [2.05, 4.69) is 4.98 Å². The highest BCUT2D eigenvalue weighted by molar-refractivity contribution is 8.26. The quantitative estimate of drug-likeness (QED) is 0.234. The zero-order chi connectivity index (χ0) is 29.1. The number of carbonyl (C=O) groups is 1. The fourth-order valence-corrected chi connectivity index (χ4v) is 7.36. The van der Waals surface area contributed by atoms with Crippen molar-refractivity contribution < 1.29 is 27.1 Å². The van der Waals surface area contributed by atoms with E-state index in [1.807, 2.05) is 30.0 Å². The summed E-state index contributed by atoms with van der Waals surface area (Å²) in [5.41, 5.74) is 1.92. The van der Waals surface area contributed by atoms with E-state index >= 15 is 0 Å². The first-order chi connectivity index (χ1) is 19.7. The Balaban J connectivity index is 1.41. The average Bonchev–Trinajstić information content (AvgIpc) is 3.53. The first kappa shape index (κ1) is 29.2. The van der Waals surface area contributed by atoms with Gasteiger partial charge in [0.05, 0.1) is 24.0 Å². The summed E-state index contributed by atoms with van der Waals surface area (Å²) in [7, 11) is -0.804. The van der Waals surface area contributed by atoms with Gasteiger partial charge >= 0.3 is 0 Å². The number of hydrogen-bond acceptors (Lipinski definition) is 10. The van der Waals surface area contributed by atoms with Crippen molar-refractivity contribution in [2.75, 3.05) is 38.8 Å². The average molecular weight is 614 g/mol. The highest BCUT2D eigenvalue weighted by atomic mass is 32.2. The van der Waals surface area contributed by atoms with Gasteiger partial charge < -0.3 is 18.8 Å². The molecule has 5 rings (SSSR count). The van der Waals surface area contributed by atoms with Gasteiger partial charge in [0.15, 0.2) is 11.5 Å². The molecule has 2 aliphatic rings. The maximum atomic E-state index is 13.6. The van der Waals surface area contributed by atoms with Gasteiger partial charge in [-0.3, -0.25) is 9.69 Å². The number of oxazole rings is 1. The summed E-state index contributed by atoms with van der Waals surface area (Å²) >= 11 is 6.65. The van der Waals surface area contributed by atoms with E-state index in [4.69, 9.17) is 26.1 Å². The van der Waals surface area contributed by atoms with Crippen LogP contribution in [0, 0.1) is 6.92 Å². The lowest BCUT2D eigenvalue weighted by atomic mass is 10.1. The number of thiocarbonyl (C=S) groups is 1. The van der Waals surface area contributed by atoms with Crippen LogP contribution in [0.15, 0.2) is 61.7 Å². The summed E-state index contributed by atoms with van der Waals surface area (Å²) < 4.78 is 44.4. The van der Waals surface area contributed by atoms with Gasteiger partial charge in [-0.15, -0.1) is 0 Å². The molecule has 2 aliphatic heterocycles. The third-order valence-electron chi connectivity index (χ3n) is 7.03. The largest absolute Gasteiger partial charge is 0.493 e. The van der Waals surface area contributed by atoms with E-state index in [-0.39, 0.29) is 27.6 Å². The molecule has 1 amide bonds. The van der Waals surface area contributed by atoms with Crippen LogP contribution in [0.5, 0.6) is 11.5 Å². The van der Waals surface area contributed by atoms with Crippen LogP contribution in [-0.2, 0) is 21.1 Å². The zero-order valence-electron chi connectivity index (χ0n) is 23.1. The molecule has 12 heteroatoms. The number of carbonyl (C=O) groups excluding carboxylic acids is 1. The number of sulfone groups is 1. The van der Waals surface area contributed by atoms with Crippen molar-refractivity contribution >= 4 is 56.0 Å². The highest BCUT2D eigenvalue weighted by Crippen LogP contribution is 2.37. The Hall–Kier alpha value is -3.35. The maximum Gasteiger partial charge on any atom is 0.266 e. The van der Waals surface area contributed by atoms with Crippen LogP contribution in [0.4, 0.5) is 5.88 Å². The highest BCUT2D eigenvalue weighted by Gasteiger charge is 2.35. The number of piperidine rings is 1. The maximum absolute atomic E-state index is 13.6. The summed E-state index contributed by atoms with van der Waals surface area (Å²) in [6.07, 6.45) is 4.97. The van der Waals surface area contributed by atoms with Gasteiger partial charge in [0.25, 0.3) is 5.91 Å². The standard InChI is InChI=1S/C29H31N3O6S3/c1-19-7-10-21(11-8-19)41(34,35)26-28(31-14-5-4-6-15-31)38-25(30-26)18-24-27(33)32(29(39)40-24)16-13-20-9-12-22(36-2)23(17-20)37-3/h7-12,17-18H,4-6,13-16H2,1-3H3. The Morgan fingerprint density at radius 2 is 1.76 bits per heavy atom. The first-order valence-electron chi connectivity index (χ1n) is 13.2. The minimum absolute atomic E-state index is 0.0525. The van der Waals surface area contributed by atoms with Crippen LogP contribution < -0.4 is 14.4 Å². The number of methoxy groups -OCH3 is 2. The van der Waals surface area contributed by atoms with Gasteiger partial charge in [-0.2, -0.15) is 4.98 Å². The number of rotatable bonds is 9. The predicted molar refractivity (Wildman–Crippen MR) is 162 cm³/mol. The Morgan fingerprint density at radius 3 is 2.44 bits per heavy atom. The third-order valence-corrected chi connectivity index (χ3v) is 10.1. The van der Waals surface area contributed by atoms with Gasteiger partial charge in [0.2, 0.25) is 26.6 Å². The number of aryl methyl sites for hydroxylation is 1. The van der Waals surface area contributed by atoms with Crippen molar-refractivity contribution in [2.45, 2.75) is 42.5 Å². The van der Waals surface area contributed by atoms with E-state index in [9.17, 15) is 13.2 Å². The lowest BCUT2D eigenvalue weighted by molar-refractivity contribution is -0.122. The molecule has 0 radical (unpaired) electrons. The molecule has 3 heterocycles. The van der Waals surface area contributed by atoms with E-state index in [0.29, 0.717) is 46.8 Å². The monoisotopic (exact) mass is 613 g/mol. The molecule has 3 aromatic rings. The number of thioether (sulfide) groups is 1. The van der Waals surface area contributed by atoms with Crippen LogP contribution in [0.3, 0.4) is 0 Å². The van der Waals surface area contributed by atoms with Crippen molar-refractivity contribution in [3.05, 3.63) is 64.4 Å². The number of hydrogen-bond donors (Lipinski definition) is 0. The fraction of sp³-hybridized carbons (Fsp3) is 0.345. The second kappa shape index (κ2) is 12.3. The molecule has 0 unspecified atom stereocenters. The van der Waals surface area contributed by atoms with Gasteiger partial charge in [-0.25, -0.2) is 8.42 Å². The van der Waals surface area contributed by atoms with E-state index in [1.165, 1.54) is 11.0 Å². The van der Waals surface area contributed by atoms with Crippen LogP contribution in [0.1, 0.15) is 36.3 Å². The van der Waals surface area contributed by atoms with E-state index in [0.717, 1.165) is 42.2 Å². The molecule has 1 aromatic heterocycles. The Morgan fingerprint density at radius 1 is 1.05 bits per heavy atom. The van der Waals surface area contributed by atoms with E-state index < -0.39 is 9.84 Å². The molecule has 41 heavy (non-hydrogen) atoms. The molecule has 2 fully saturated rings. The minimum Gasteiger partial charge on any atom is -0.493 e. The summed E-state index contributed by atoms with van der Waals surface area (Å²) in [5, 5.41) is -0.140. The molecular weight excluding hydrogens is 583 g/mol. The minimum atomic E-state index is -3.96. The molecule has 0 bridgehead atoms. The van der Waals surface area contributed by atoms with Crippen molar-refractivity contribution in [3.63, 3.8) is 0 Å². The second-order valence-electron chi connectivity index (χ2n) is 9.80. The SMILES string of the molecule is COc1ccc(CCN2C(=O)C(=Cc3nc(S(=O)(=O)c4ccc(C)cc4)c(N4CCCCC4)o3)SC2=S)cc1OC. The summed E-state index contributed by atoms with van der Waals surface area (Å²) in [4.78, 5) is 21.6. The van der Waals surface area contributed by atoms with Crippen LogP contribution in [-0.4, -0.2) is 62.4 Å². The van der Waals surface area contributed by atoms with Crippen LogP contribution in [0.2, 0.25) is 0 Å². The van der Waals surface area contributed by atoms with Gasteiger partial charge in [-0.05, 0) is 62.4 Å². The van der Waals surface area contributed by atoms with Gasteiger partial charge in [0.1, 0.15) is 4.32 Å². The number of nitrogens with zero attached hydrogens (tertiary/aromatic N) is 3. The summed E-state index contributed by atoms with van der Waals surface area (Å²) in [6.45, 7) is 3.61. The lowest BCUT2D eigenvalue weighted by Gasteiger charge is -2.26. The normalized spacial score (nSPS) is 17.0. The Kier molecular flexibility index (Phi) is 8.71. The number of ether oxygens (including phenoxy) is 2. The molecule has 0 N–H and O–H groups in total. The van der Waals surface area contributed by atoms with Crippen LogP contribution in [0.25, 0.3) is 6.08 Å². The number of amides is 1. The Labute approximate surface area is 249 Å². The van der Waals surface area contributed by atoms with Crippen molar-refractivity contribution in [3.8, 4) is 11.5 Å². The molecule has 0 spiro atoms. The zero-order valence-corrected chi connectivity index (χ0v) is 25.5. The molecule has 216 valence electrons. The van der Waals surface area contributed by atoms with Gasteiger partial charge in [0, 0.05) is 25.7 Å². The number of aromatic nitrogens is 1. The Bertz CT molecular complexity index is 1590. The summed E-state index contributed by atoms with van der Waals surface area (Å²) in [6, 6.07) is 12.3. The lowest BCUT2D eigenvalue weighted by Crippen LogP contribution is -2.30. The number of benzene rings is 2. The third kappa shape index (κ3) is 6.14. The van der Waals surface area contributed by atoms with Crippen molar-refractivity contribution in [1.29, 1.82) is 0 Å². The molecule has 0 aliphatic carbocycles. The van der Waals surface area contributed by atoms with Gasteiger partial charge in [-0.1, -0.05) is 47.7 Å². The molecule has 2 aromatic carbocycles. The van der Waals surface area contributed by atoms with E-state index in [1.54, 1.807) is 38.5 Å². The first-order valence-corrected chi connectivity index (χ1v) is 16.0. The van der Waals surface area contributed by atoms with Crippen molar-refractivity contribution in [2.24, 2.45) is 0 Å². The topological polar surface area (TPSA) is 102 Å². The van der Waals surface area contributed by atoms with Crippen molar-refractivity contribution in [1.82, 2.24) is 9.88 Å². The number of anilines is 1. The second-order valence-corrected chi connectivity index (χ2v) is 13.3.